The van der Waals surface area contributed by atoms with E-state index < -0.39 is 9.04 Å². The van der Waals surface area contributed by atoms with Crippen molar-refractivity contribution in [1.82, 2.24) is 0 Å². The summed E-state index contributed by atoms with van der Waals surface area (Å²) < 4.78 is 5.86. The molecule has 1 atom stereocenters. The molecule has 0 radical (unpaired) electrons. The smallest absolute Gasteiger partial charge is 0.190 e. The van der Waals surface area contributed by atoms with Crippen LogP contribution in [0.4, 0.5) is 0 Å². The van der Waals surface area contributed by atoms with Crippen LogP contribution in [-0.2, 0) is 3.87 Å². The Morgan fingerprint density at radius 1 is 1.25 bits per heavy atom. The molecule has 0 aliphatic carbocycles. The number of hydrogen-bond donors (Lipinski definition) is 0. The Morgan fingerprint density at radius 3 is 2.25 bits per heavy atom. The summed E-state index contributed by atoms with van der Waals surface area (Å²) in [7, 11) is -1.05. The average molecular weight is 329 g/mol. The van der Waals surface area contributed by atoms with Crippen molar-refractivity contribution in [2.75, 3.05) is 0 Å². The van der Waals surface area contributed by atoms with Crippen molar-refractivity contribution in [3.8, 4) is 0 Å². The second-order valence-electron chi connectivity index (χ2n) is 6.42. The summed E-state index contributed by atoms with van der Waals surface area (Å²) in [6, 6.07) is 7.98. The summed E-state index contributed by atoms with van der Waals surface area (Å²) in [5.74, 6) is 0.470. The van der Waals surface area contributed by atoms with E-state index in [0.29, 0.717) is 5.92 Å². The minimum Gasteiger partial charge on any atom is -0.358 e. The van der Waals surface area contributed by atoms with Gasteiger partial charge in [-0.3, -0.25) is 0 Å². The normalized spacial score (nSPS) is 14.7. The molecule has 20 heavy (non-hydrogen) atoms. The summed E-state index contributed by atoms with van der Waals surface area (Å²) in [6.07, 6.45) is 2.31. The molecule has 4 heteroatoms. The molecule has 1 rings (SSSR count). The Kier molecular flexibility index (Phi) is 6.86. The van der Waals surface area contributed by atoms with E-state index in [1.54, 1.807) is 0 Å². The molecule has 0 saturated carbocycles. The first-order valence-corrected chi connectivity index (χ1v) is 10.9. The molecule has 0 aliphatic heterocycles. The summed E-state index contributed by atoms with van der Waals surface area (Å²) in [5, 5.41) is 0.765. The molecule has 0 bridgehead atoms. The first-order valence-electron chi connectivity index (χ1n) is 7.01. The van der Waals surface area contributed by atoms with Gasteiger partial charge in [0.2, 0.25) is 0 Å². The number of rotatable bonds is 5. The van der Waals surface area contributed by atoms with E-state index in [1.165, 1.54) is 22.5 Å². The molecule has 1 aromatic carbocycles. The first-order chi connectivity index (χ1) is 9.20. The molecule has 0 heterocycles. The lowest BCUT2D eigenvalue weighted by atomic mass is 9.82. The van der Waals surface area contributed by atoms with Crippen LogP contribution >= 0.6 is 23.6 Å². The highest BCUT2D eigenvalue weighted by molar-refractivity contribution is 8.04. The molecule has 0 spiro atoms. The van der Waals surface area contributed by atoms with Gasteiger partial charge in [0.1, 0.15) is 0 Å². The van der Waals surface area contributed by atoms with Crippen molar-refractivity contribution in [3.63, 3.8) is 0 Å². The molecule has 0 saturated heterocycles. The second kappa shape index (κ2) is 7.69. The third-order valence-corrected chi connectivity index (χ3v) is 5.95. The molecule has 0 fully saturated rings. The van der Waals surface area contributed by atoms with Gasteiger partial charge in [-0.05, 0) is 42.1 Å². The Bertz CT molecular complexity index is 449. The Balaban J connectivity index is 3.01. The Hall–Kier alpha value is -0.223. The highest BCUT2D eigenvalue weighted by Gasteiger charge is 2.19. The van der Waals surface area contributed by atoms with Crippen LogP contribution in [-0.4, -0.2) is 9.04 Å². The van der Waals surface area contributed by atoms with Gasteiger partial charge in [-0.2, -0.15) is 0 Å². The van der Waals surface area contributed by atoms with Gasteiger partial charge >= 0.3 is 0 Å². The summed E-state index contributed by atoms with van der Waals surface area (Å²) >= 11 is 7.48. The average Bonchev–Trinajstić information content (AvgIpc) is 2.34. The van der Waals surface area contributed by atoms with Crippen molar-refractivity contribution in [2.24, 2.45) is 11.3 Å². The van der Waals surface area contributed by atoms with Crippen molar-refractivity contribution < 1.29 is 3.87 Å². The van der Waals surface area contributed by atoms with Crippen LogP contribution in [0.2, 0.25) is 18.1 Å². The Labute approximate surface area is 134 Å². The quantitative estimate of drug-likeness (QED) is 0.483. The van der Waals surface area contributed by atoms with E-state index in [2.05, 4.69) is 59.0 Å². The zero-order chi connectivity index (χ0) is 15.3. The largest absolute Gasteiger partial charge is 0.358 e. The Morgan fingerprint density at radius 2 is 1.80 bits per heavy atom. The fraction of sp³-hybridized carbons (Fsp3) is 0.500. The molecule has 1 aromatic rings. The zero-order valence-electron chi connectivity index (χ0n) is 13.2. The maximum absolute atomic E-state index is 5.97. The van der Waals surface area contributed by atoms with Crippen LogP contribution in [0.1, 0.15) is 33.3 Å². The van der Waals surface area contributed by atoms with Gasteiger partial charge < -0.3 is 3.87 Å². The monoisotopic (exact) mass is 328 g/mol. The third kappa shape index (κ3) is 6.04. The molecule has 0 aliphatic rings. The summed E-state index contributed by atoms with van der Waals surface area (Å²) in [5.41, 5.74) is 1.41. The topological polar surface area (TPSA) is 9.23 Å². The predicted molar refractivity (Wildman–Crippen MR) is 95.6 cm³/mol. The minimum absolute atomic E-state index is 0.244. The molecule has 0 N–H and O–H groups in total. The van der Waals surface area contributed by atoms with Gasteiger partial charge in [0.05, 0.1) is 0 Å². The van der Waals surface area contributed by atoms with E-state index in [4.69, 9.17) is 15.5 Å². The van der Waals surface area contributed by atoms with E-state index in [0.717, 1.165) is 5.02 Å². The van der Waals surface area contributed by atoms with Gasteiger partial charge in [-0.25, -0.2) is 0 Å². The SMILES string of the molecule is CC(C=C(SO[SiH](C)C)c1ccc(Cl)cc1)C(C)(C)C. The fourth-order valence-electron chi connectivity index (χ4n) is 1.41. The van der Waals surface area contributed by atoms with Gasteiger partial charge in [-0.1, -0.05) is 57.5 Å². The van der Waals surface area contributed by atoms with Gasteiger partial charge in [0.15, 0.2) is 9.04 Å². The fourth-order valence-corrected chi connectivity index (χ4v) is 3.21. The van der Waals surface area contributed by atoms with E-state index in [9.17, 15) is 0 Å². The number of allylic oxidation sites excluding steroid dienone is 1. The van der Waals surface area contributed by atoms with Gasteiger partial charge in [0.25, 0.3) is 0 Å². The summed E-state index contributed by atoms with van der Waals surface area (Å²) in [4.78, 5) is 1.19. The van der Waals surface area contributed by atoms with Crippen LogP contribution in [0.25, 0.3) is 4.91 Å². The van der Waals surface area contributed by atoms with E-state index in [-0.39, 0.29) is 5.41 Å². The molecule has 0 aromatic heterocycles. The molecular weight excluding hydrogens is 304 g/mol. The number of benzene rings is 1. The van der Waals surface area contributed by atoms with Crippen molar-refractivity contribution in [1.29, 1.82) is 0 Å². The van der Waals surface area contributed by atoms with E-state index in [1.807, 2.05) is 12.1 Å². The van der Waals surface area contributed by atoms with Crippen molar-refractivity contribution in [2.45, 2.75) is 40.8 Å². The van der Waals surface area contributed by atoms with E-state index >= 15 is 0 Å². The first kappa shape index (κ1) is 17.8. The van der Waals surface area contributed by atoms with Crippen molar-refractivity contribution in [3.05, 3.63) is 40.9 Å². The summed E-state index contributed by atoms with van der Waals surface area (Å²) in [6.45, 7) is 13.4. The predicted octanol–water partition coefficient (Wildman–Crippen LogP) is 6.01. The second-order valence-corrected chi connectivity index (χ2v) is 10.3. The highest BCUT2D eigenvalue weighted by Crippen LogP contribution is 2.35. The molecule has 112 valence electrons. The molecule has 0 amide bonds. The van der Waals surface area contributed by atoms with Crippen LogP contribution < -0.4 is 0 Å². The van der Waals surface area contributed by atoms with Crippen LogP contribution in [0.3, 0.4) is 0 Å². The lowest BCUT2D eigenvalue weighted by Gasteiger charge is -2.25. The maximum atomic E-state index is 5.97. The lowest BCUT2D eigenvalue weighted by molar-refractivity contribution is 0.315. The van der Waals surface area contributed by atoms with Crippen LogP contribution in [0, 0.1) is 11.3 Å². The highest BCUT2D eigenvalue weighted by atomic mass is 35.5. The molecule has 1 unspecified atom stereocenters. The number of hydrogen-bond acceptors (Lipinski definition) is 2. The zero-order valence-corrected chi connectivity index (χ0v) is 16.0. The van der Waals surface area contributed by atoms with Gasteiger partial charge in [-0.15, -0.1) is 0 Å². The standard InChI is InChI=1S/C16H25ClOSSi/c1-12(16(2,3)4)11-15(19-18-20(5)6)13-7-9-14(17)10-8-13/h7-12,20H,1-6H3. The minimum atomic E-state index is -1.05. The lowest BCUT2D eigenvalue weighted by Crippen LogP contribution is -2.15. The van der Waals surface area contributed by atoms with Gasteiger partial charge in [0, 0.05) is 22.0 Å². The number of halogens is 1. The van der Waals surface area contributed by atoms with Crippen molar-refractivity contribution >= 4 is 37.6 Å². The van der Waals surface area contributed by atoms with Crippen LogP contribution in [0.15, 0.2) is 30.3 Å². The molecule has 1 nitrogen and oxygen atoms in total. The third-order valence-electron chi connectivity index (χ3n) is 3.23. The molecular formula is C16H25ClOSSi. The maximum Gasteiger partial charge on any atom is 0.190 e. The van der Waals surface area contributed by atoms with Crippen LogP contribution in [0.5, 0.6) is 0 Å².